The average Bonchev–Trinajstić information content (AvgIpc) is 2.38. The molecule has 1 heterocycles. The van der Waals surface area contributed by atoms with Gasteiger partial charge in [0, 0.05) is 11.6 Å². The summed E-state index contributed by atoms with van der Waals surface area (Å²) in [6.45, 7) is -2.84. The molecule has 2 rings (SSSR count). The van der Waals surface area contributed by atoms with Crippen molar-refractivity contribution in [1.29, 1.82) is 0 Å². The van der Waals surface area contributed by atoms with Crippen LogP contribution >= 0.6 is 0 Å². The third-order valence-corrected chi connectivity index (χ3v) is 2.57. The van der Waals surface area contributed by atoms with Crippen LogP contribution < -0.4 is 21.7 Å². The summed E-state index contributed by atoms with van der Waals surface area (Å²) >= 11 is 0. The molecule has 0 radical (unpaired) electrons. The Morgan fingerprint density at radius 3 is 2.48 bits per heavy atom. The number of rotatable bonds is 5. The Morgan fingerprint density at radius 1 is 1.24 bits per heavy atom. The van der Waals surface area contributed by atoms with E-state index in [0.29, 0.717) is 5.56 Å². The lowest BCUT2D eigenvalue weighted by Gasteiger charge is -2.04. The van der Waals surface area contributed by atoms with Gasteiger partial charge in [-0.1, -0.05) is 0 Å². The van der Waals surface area contributed by atoms with Gasteiger partial charge in [0.15, 0.2) is 11.9 Å². The van der Waals surface area contributed by atoms with Gasteiger partial charge in [-0.25, -0.2) is 0 Å². The lowest BCUT2D eigenvalue weighted by Crippen LogP contribution is -3.00. The summed E-state index contributed by atoms with van der Waals surface area (Å²) in [5.41, 5.74) is 0.377. The second kappa shape index (κ2) is 7.54. The van der Waals surface area contributed by atoms with Gasteiger partial charge in [-0.3, -0.25) is 4.79 Å². The third kappa shape index (κ3) is 5.00. The van der Waals surface area contributed by atoms with Crippen LogP contribution in [-0.4, -0.2) is 17.5 Å². The van der Waals surface area contributed by atoms with Gasteiger partial charge in [0.05, 0.1) is 0 Å². The number of ketones is 1. The number of hydrogen-bond donors (Lipinski definition) is 1. The number of carbonyl (C=O) groups excluding carboxylic acids is 1. The first-order chi connectivity index (χ1) is 9.54. The molecular weight excluding hydrogens is 304 g/mol. The van der Waals surface area contributed by atoms with Crippen LogP contribution in [0.2, 0.25) is 0 Å². The Balaban J connectivity index is 0.00000220. The monoisotopic (exact) mass is 315 g/mol. The van der Waals surface area contributed by atoms with Crippen LogP contribution in [0.5, 0.6) is 11.5 Å². The zero-order valence-electron chi connectivity index (χ0n) is 10.7. The van der Waals surface area contributed by atoms with Crippen molar-refractivity contribution in [1.82, 2.24) is 0 Å². The number of pyridine rings is 1. The van der Waals surface area contributed by atoms with E-state index in [0.717, 1.165) is 0 Å². The molecule has 0 saturated carbocycles. The molecule has 112 valence electrons. The molecule has 2 aromatic rings. The molecule has 0 bridgehead atoms. The number of carbonyl (C=O) groups is 1. The maximum Gasteiger partial charge on any atom is 0.387 e. The number of nitrogens with zero attached hydrogens (tertiary/aromatic N) is 1. The predicted molar refractivity (Wildman–Crippen MR) is 65.7 cm³/mol. The van der Waals surface area contributed by atoms with Crippen molar-refractivity contribution in [2.45, 2.75) is 13.2 Å². The number of benzene rings is 1. The summed E-state index contributed by atoms with van der Waals surface area (Å²) < 4.78 is 29.7. The molecule has 0 unspecified atom stereocenters. The molecular formula is C14H12ClF2NO3. The molecule has 0 aliphatic carbocycles. The summed E-state index contributed by atoms with van der Waals surface area (Å²) in [7, 11) is 0. The Hall–Kier alpha value is -2.21. The first-order valence-electron chi connectivity index (χ1n) is 5.81. The normalized spacial score (nSPS) is 10.0. The van der Waals surface area contributed by atoms with Crippen molar-refractivity contribution in [3.8, 4) is 11.5 Å². The molecule has 1 N–H and O–H groups in total. The lowest BCUT2D eigenvalue weighted by molar-refractivity contribution is -0.683. The highest BCUT2D eigenvalue weighted by Crippen LogP contribution is 2.15. The zero-order chi connectivity index (χ0) is 14.5. The van der Waals surface area contributed by atoms with E-state index in [2.05, 4.69) is 4.74 Å². The largest absolute Gasteiger partial charge is 1.00 e. The van der Waals surface area contributed by atoms with Crippen LogP contribution in [0.25, 0.3) is 0 Å². The number of ether oxygens (including phenoxy) is 1. The van der Waals surface area contributed by atoms with E-state index in [1.54, 1.807) is 12.3 Å². The second-order valence-electron chi connectivity index (χ2n) is 4.06. The van der Waals surface area contributed by atoms with Crippen molar-refractivity contribution in [3.05, 3.63) is 54.4 Å². The molecule has 1 aromatic heterocycles. The van der Waals surface area contributed by atoms with Gasteiger partial charge in [-0.15, -0.1) is 0 Å². The minimum absolute atomic E-state index is 0. The van der Waals surface area contributed by atoms with Crippen LogP contribution in [0.4, 0.5) is 8.78 Å². The van der Waals surface area contributed by atoms with Gasteiger partial charge in [0.25, 0.3) is 0 Å². The zero-order valence-corrected chi connectivity index (χ0v) is 11.5. The molecule has 4 nitrogen and oxygen atoms in total. The molecule has 0 amide bonds. The number of halogens is 3. The van der Waals surface area contributed by atoms with Crippen LogP contribution in [0.1, 0.15) is 10.4 Å². The SMILES string of the molecule is O=C(C[n+]1cccc(O)c1)c1ccc(OC(F)F)cc1.[Cl-]. The van der Waals surface area contributed by atoms with E-state index in [4.69, 9.17) is 0 Å². The Labute approximate surface area is 126 Å². The minimum Gasteiger partial charge on any atom is -1.00 e. The molecule has 1 aromatic carbocycles. The number of hydrogen-bond acceptors (Lipinski definition) is 3. The van der Waals surface area contributed by atoms with Crippen LogP contribution in [0, 0.1) is 0 Å². The van der Waals surface area contributed by atoms with E-state index in [-0.39, 0.29) is 36.2 Å². The maximum atomic E-state index is 12.0. The molecule has 7 heteroatoms. The van der Waals surface area contributed by atoms with Gasteiger partial charge in [0.1, 0.15) is 5.75 Å². The van der Waals surface area contributed by atoms with E-state index in [9.17, 15) is 18.7 Å². The smallest absolute Gasteiger partial charge is 0.387 e. The molecule has 21 heavy (non-hydrogen) atoms. The molecule has 0 saturated heterocycles. The fourth-order valence-electron chi connectivity index (χ4n) is 1.69. The van der Waals surface area contributed by atoms with Crippen molar-refractivity contribution < 1.29 is 40.4 Å². The van der Waals surface area contributed by atoms with Crippen molar-refractivity contribution in [2.75, 3.05) is 0 Å². The molecule has 0 atom stereocenters. The van der Waals surface area contributed by atoms with Crippen LogP contribution in [-0.2, 0) is 6.54 Å². The summed E-state index contributed by atoms with van der Waals surface area (Å²) in [5, 5.41) is 9.30. The highest BCUT2D eigenvalue weighted by molar-refractivity contribution is 5.95. The number of aromatic nitrogens is 1. The summed E-state index contributed by atoms with van der Waals surface area (Å²) in [5.74, 6) is -0.147. The van der Waals surface area contributed by atoms with Crippen molar-refractivity contribution in [2.24, 2.45) is 0 Å². The molecule has 0 spiro atoms. The maximum absolute atomic E-state index is 12.0. The topological polar surface area (TPSA) is 50.4 Å². The van der Waals surface area contributed by atoms with Gasteiger partial charge in [-0.2, -0.15) is 13.3 Å². The third-order valence-electron chi connectivity index (χ3n) is 2.57. The van der Waals surface area contributed by atoms with Crippen molar-refractivity contribution in [3.63, 3.8) is 0 Å². The minimum atomic E-state index is -2.89. The van der Waals surface area contributed by atoms with E-state index < -0.39 is 6.61 Å². The van der Waals surface area contributed by atoms with Gasteiger partial charge in [0.2, 0.25) is 18.5 Å². The number of alkyl halides is 2. The summed E-state index contributed by atoms with van der Waals surface area (Å²) in [6.07, 6.45) is 3.07. The average molecular weight is 316 g/mol. The molecule has 0 aliphatic rings. The Bertz CT molecular complexity index is 605. The predicted octanol–water partition coefficient (Wildman–Crippen LogP) is -0.832. The lowest BCUT2D eigenvalue weighted by atomic mass is 10.1. The van der Waals surface area contributed by atoms with Crippen molar-refractivity contribution >= 4 is 5.78 Å². The van der Waals surface area contributed by atoms with Gasteiger partial charge >= 0.3 is 6.61 Å². The highest BCUT2D eigenvalue weighted by atomic mass is 35.5. The summed E-state index contributed by atoms with van der Waals surface area (Å²) in [4.78, 5) is 12.0. The van der Waals surface area contributed by atoms with Gasteiger partial charge in [-0.05, 0) is 30.3 Å². The second-order valence-corrected chi connectivity index (χ2v) is 4.06. The molecule has 0 aliphatic heterocycles. The first-order valence-corrected chi connectivity index (χ1v) is 5.81. The van der Waals surface area contributed by atoms with Gasteiger partial charge < -0.3 is 22.3 Å². The number of Topliss-reactive ketones (excluding diaryl/α,β-unsaturated/α-hetero) is 1. The number of aromatic hydroxyl groups is 1. The van der Waals surface area contributed by atoms with E-state index in [1.165, 1.54) is 41.1 Å². The fraction of sp³-hybridized carbons (Fsp3) is 0.143. The fourth-order valence-corrected chi connectivity index (χ4v) is 1.69. The summed E-state index contributed by atoms with van der Waals surface area (Å²) in [6, 6.07) is 8.57. The quantitative estimate of drug-likeness (QED) is 0.579. The Kier molecular flexibility index (Phi) is 6.05. The van der Waals surface area contributed by atoms with Crippen LogP contribution in [0.3, 0.4) is 0 Å². The molecule has 0 fully saturated rings. The highest BCUT2D eigenvalue weighted by Gasteiger charge is 2.13. The Morgan fingerprint density at radius 2 is 1.90 bits per heavy atom. The van der Waals surface area contributed by atoms with E-state index >= 15 is 0 Å². The standard InChI is InChI=1S/C14H11F2NO3.ClH/c15-14(16)20-12-5-3-10(4-6-12)13(19)9-17-7-1-2-11(18)8-17;/h1-8,14H,9H2;1H. The van der Waals surface area contributed by atoms with E-state index in [1.807, 2.05) is 0 Å². The van der Waals surface area contributed by atoms with Crippen LogP contribution in [0.15, 0.2) is 48.8 Å². The first kappa shape index (κ1) is 16.8.